The molecule has 2 aromatic rings. The molecule has 0 saturated heterocycles. The van der Waals surface area contributed by atoms with Gasteiger partial charge in [-0.2, -0.15) is 4.98 Å². The highest BCUT2D eigenvalue weighted by molar-refractivity contribution is 6.31. The molecule has 1 aromatic carbocycles. The molecule has 0 saturated carbocycles. The number of nitrogens with zero attached hydrogens (tertiary/aromatic N) is 2. The Kier molecular flexibility index (Phi) is 3.84. The number of anilines is 1. The van der Waals surface area contributed by atoms with E-state index in [9.17, 15) is 0 Å². The molecule has 6 heteroatoms. The lowest BCUT2D eigenvalue weighted by molar-refractivity contribution is 0.0683. The maximum absolute atomic E-state index is 5.85. The molecule has 0 radical (unpaired) electrons. The van der Waals surface area contributed by atoms with Gasteiger partial charge in [0.15, 0.2) is 0 Å². The first-order valence-corrected chi connectivity index (χ1v) is 6.00. The van der Waals surface area contributed by atoms with Gasteiger partial charge in [0.2, 0.25) is 5.82 Å². The Bertz CT molecular complexity index is 542. The molecule has 2 N–H and O–H groups in total. The summed E-state index contributed by atoms with van der Waals surface area (Å²) >= 11 is 5.83. The number of ether oxygens (including phenoxy) is 1. The van der Waals surface area contributed by atoms with Crippen LogP contribution >= 0.6 is 11.6 Å². The second kappa shape index (κ2) is 5.37. The Hall–Kier alpha value is -1.59. The number of rotatable bonds is 4. The fourth-order valence-corrected chi connectivity index (χ4v) is 1.74. The topological polar surface area (TPSA) is 74.2 Å². The molecule has 0 aliphatic heterocycles. The molecule has 0 spiro atoms. The molecule has 1 unspecified atom stereocenters. The summed E-state index contributed by atoms with van der Waals surface area (Å²) in [5.41, 5.74) is 7.02. The lowest BCUT2D eigenvalue weighted by Gasteiger charge is -2.04. The minimum atomic E-state index is -0.207. The van der Waals surface area contributed by atoms with E-state index in [0.29, 0.717) is 34.6 Å². The van der Waals surface area contributed by atoms with Crippen LogP contribution in [0.3, 0.4) is 0 Å². The highest BCUT2D eigenvalue weighted by Gasteiger charge is 2.16. The van der Waals surface area contributed by atoms with Crippen molar-refractivity contribution in [2.45, 2.75) is 20.0 Å². The standard InChI is InChI=1S/C12H14ClN3O2/c1-3-17-7(2)11-15-12(18-16-11)9-5-4-8(13)6-10(9)14/h4-7H,3,14H2,1-2H3. The number of aromatic nitrogens is 2. The fraction of sp³-hybridized carbons (Fsp3) is 0.333. The zero-order chi connectivity index (χ0) is 13.1. The smallest absolute Gasteiger partial charge is 0.260 e. The van der Waals surface area contributed by atoms with Gasteiger partial charge in [-0.3, -0.25) is 0 Å². The average molecular weight is 268 g/mol. The fourth-order valence-electron chi connectivity index (χ4n) is 1.56. The molecule has 1 atom stereocenters. The van der Waals surface area contributed by atoms with E-state index in [-0.39, 0.29) is 6.10 Å². The zero-order valence-electron chi connectivity index (χ0n) is 10.2. The van der Waals surface area contributed by atoms with Crippen molar-refractivity contribution in [2.24, 2.45) is 0 Å². The van der Waals surface area contributed by atoms with Crippen LogP contribution in [0.2, 0.25) is 5.02 Å². The molecule has 1 aromatic heterocycles. The largest absolute Gasteiger partial charge is 0.398 e. The number of nitrogen functional groups attached to an aromatic ring is 1. The quantitative estimate of drug-likeness (QED) is 0.862. The van der Waals surface area contributed by atoms with Gasteiger partial charge in [0.1, 0.15) is 6.10 Å². The number of halogens is 1. The Morgan fingerprint density at radius 1 is 1.50 bits per heavy atom. The van der Waals surface area contributed by atoms with Crippen LogP contribution in [0, 0.1) is 0 Å². The summed E-state index contributed by atoms with van der Waals surface area (Å²) in [5, 5.41) is 4.44. The van der Waals surface area contributed by atoms with E-state index in [2.05, 4.69) is 10.1 Å². The molecular formula is C12H14ClN3O2. The van der Waals surface area contributed by atoms with Crippen LogP contribution in [0.5, 0.6) is 0 Å². The summed E-state index contributed by atoms with van der Waals surface area (Å²) in [6.45, 7) is 4.37. The van der Waals surface area contributed by atoms with Gasteiger partial charge in [-0.05, 0) is 32.0 Å². The van der Waals surface area contributed by atoms with Crippen LogP contribution in [0.25, 0.3) is 11.5 Å². The minimum absolute atomic E-state index is 0.207. The molecule has 2 rings (SSSR count). The van der Waals surface area contributed by atoms with Gasteiger partial charge in [-0.1, -0.05) is 16.8 Å². The lowest BCUT2D eigenvalue weighted by Crippen LogP contribution is -2.01. The number of benzene rings is 1. The van der Waals surface area contributed by atoms with Crippen molar-refractivity contribution in [3.05, 3.63) is 29.0 Å². The van der Waals surface area contributed by atoms with E-state index in [1.54, 1.807) is 18.2 Å². The third-order valence-corrected chi connectivity index (χ3v) is 2.70. The maximum Gasteiger partial charge on any atom is 0.260 e. The maximum atomic E-state index is 5.85. The molecule has 0 amide bonds. The van der Waals surface area contributed by atoms with Crippen LogP contribution in [0.1, 0.15) is 25.8 Å². The normalized spacial score (nSPS) is 12.6. The van der Waals surface area contributed by atoms with Crippen molar-refractivity contribution in [3.63, 3.8) is 0 Å². The summed E-state index contributed by atoms with van der Waals surface area (Å²) in [4.78, 5) is 4.26. The van der Waals surface area contributed by atoms with E-state index in [1.165, 1.54) is 0 Å². The minimum Gasteiger partial charge on any atom is -0.398 e. The highest BCUT2D eigenvalue weighted by Crippen LogP contribution is 2.28. The van der Waals surface area contributed by atoms with Gasteiger partial charge in [-0.15, -0.1) is 0 Å². The van der Waals surface area contributed by atoms with Gasteiger partial charge in [0.05, 0.1) is 5.56 Å². The second-order valence-corrected chi connectivity index (χ2v) is 4.22. The van der Waals surface area contributed by atoms with Crippen LogP contribution in [0.4, 0.5) is 5.69 Å². The summed E-state index contributed by atoms with van der Waals surface area (Å²) in [6, 6.07) is 5.12. The van der Waals surface area contributed by atoms with Crippen molar-refractivity contribution >= 4 is 17.3 Å². The predicted molar refractivity (Wildman–Crippen MR) is 69.2 cm³/mol. The van der Waals surface area contributed by atoms with Crippen LogP contribution in [-0.2, 0) is 4.74 Å². The molecular weight excluding hydrogens is 254 g/mol. The van der Waals surface area contributed by atoms with Gasteiger partial charge in [0.25, 0.3) is 5.89 Å². The molecule has 0 aliphatic rings. The van der Waals surface area contributed by atoms with Crippen LogP contribution < -0.4 is 5.73 Å². The molecule has 0 fully saturated rings. The summed E-state index contributed by atoms with van der Waals surface area (Å²) in [7, 11) is 0. The van der Waals surface area contributed by atoms with E-state index in [4.69, 9.17) is 26.6 Å². The third-order valence-electron chi connectivity index (χ3n) is 2.47. The highest BCUT2D eigenvalue weighted by atomic mass is 35.5. The monoisotopic (exact) mass is 267 g/mol. The SMILES string of the molecule is CCOC(C)c1noc(-c2ccc(Cl)cc2N)n1. The van der Waals surface area contributed by atoms with E-state index in [0.717, 1.165) is 0 Å². The molecule has 5 nitrogen and oxygen atoms in total. The van der Waals surface area contributed by atoms with Crippen molar-refractivity contribution in [1.82, 2.24) is 10.1 Å². The number of hydrogen-bond acceptors (Lipinski definition) is 5. The number of nitrogens with two attached hydrogens (primary N) is 1. The molecule has 0 aliphatic carbocycles. The second-order valence-electron chi connectivity index (χ2n) is 3.79. The summed E-state index contributed by atoms with van der Waals surface area (Å²) in [5.74, 6) is 0.868. The zero-order valence-corrected chi connectivity index (χ0v) is 10.9. The molecule has 96 valence electrons. The Morgan fingerprint density at radius 2 is 2.28 bits per heavy atom. The van der Waals surface area contributed by atoms with Gasteiger partial charge in [-0.25, -0.2) is 0 Å². The van der Waals surface area contributed by atoms with E-state index in [1.807, 2.05) is 13.8 Å². The summed E-state index contributed by atoms with van der Waals surface area (Å²) < 4.78 is 10.6. The average Bonchev–Trinajstić information content (AvgIpc) is 2.78. The Labute approximate surface area is 110 Å². The van der Waals surface area contributed by atoms with Gasteiger partial charge < -0.3 is 15.0 Å². The van der Waals surface area contributed by atoms with E-state index < -0.39 is 0 Å². The third kappa shape index (κ3) is 2.63. The van der Waals surface area contributed by atoms with Crippen molar-refractivity contribution in [1.29, 1.82) is 0 Å². The first-order valence-electron chi connectivity index (χ1n) is 5.62. The Balaban J connectivity index is 2.29. The van der Waals surface area contributed by atoms with Crippen molar-refractivity contribution in [2.75, 3.05) is 12.3 Å². The van der Waals surface area contributed by atoms with Crippen LogP contribution in [0.15, 0.2) is 22.7 Å². The van der Waals surface area contributed by atoms with Crippen molar-refractivity contribution in [3.8, 4) is 11.5 Å². The molecule has 1 heterocycles. The van der Waals surface area contributed by atoms with Crippen LogP contribution in [-0.4, -0.2) is 16.7 Å². The summed E-state index contributed by atoms with van der Waals surface area (Å²) in [6.07, 6.45) is -0.207. The Morgan fingerprint density at radius 3 is 2.94 bits per heavy atom. The molecule has 0 bridgehead atoms. The van der Waals surface area contributed by atoms with Gasteiger partial charge >= 0.3 is 0 Å². The van der Waals surface area contributed by atoms with Gasteiger partial charge in [0, 0.05) is 17.3 Å². The lowest BCUT2D eigenvalue weighted by atomic mass is 10.2. The molecule has 18 heavy (non-hydrogen) atoms. The number of hydrogen-bond donors (Lipinski definition) is 1. The van der Waals surface area contributed by atoms with E-state index >= 15 is 0 Å². The first-order chi connectivity index (χ1) is 8.61. The first kappa shape index (κ1) is 12.9. The predicted octanol–water partition coefficient (Wildman–Crippen LogP) is 3.07. The van der Waals surface area contributed by atoms with Crippen molar-refractivity contribution < 1.29 is 9.26 Å².